The molecule has 0 unspecified atom stereocenters. The van der Waals surface area contributed by atoms with Crippen LogP contribution in [0.25, 0.3) is 5.69 Å². The van der Waals surface area contributed by atoms with Gasteiger partial charge in [-0.25, -0.2) is 14.5 Å². The van der Waals surface area contributed by atoms with E-state index >= 15 is 0 Å². The Hall–Kier alpha value is -4.06. The minimum absolute atomic E-state index is 0.265. The fourth-order valence-electron chi connectivity index (χ4n) is 3.33. The Bertz CT molecular complexity index is 1120. The van der Waals surface area contributed by atoms with Gasteiger partial charge in [0, 0.05) is 25.4 Å². The zero-order valence-electron chi connectivity index (χ0n) is 18.3. The molecule has 1 aliphatic carbocycles. The van der Waals surface area contributed by atoms with Crippen LogP contribution in [0.1, 0.15) is 36.1 Å². The Labute approximate surface area is 192 Å². The molecule has 9 nitrogen and oxygen atoms in total. The third-order valence-electron chi connectivity index (χ3n) is 5.40. The Kier molecular flexibility index (Phi) is 7.05. The quantitative estimate of drug-likeness (QED) is 0.411. The van der Waals surface area contributed by atoms with Gasteiger partial charge in [-0.1, -0.05) is 24.3 Å². The summed E-state index contributed by atoms with van der Waals surface area (Å²) in [5.74, 6) is 1.62. The number of nitriles is 1. The molecule has 0 saturated heterocycles. The van der Waals surface area contributed by atoms with Gasteiger partial charge in [0.25, 0.3) is 0 Å². The second kappa shape index (κ2) is 10.5. The number of aryl methyl sites for hydroxylation is 1. The lowest BCUT2D eigenvalue weighted by Gasteiger charge is -2.08. The minimum atomic E-state index is -0.265. The van der Waals surface area contributed by atoms with E-state index in [-0.39, 0.29) is 6.03 Å². The number of hydrogen-bond donors (Lipinski definition) is 3. The van der Waals surface area contributed by atoms with Gasteiger partial charge in [-0.2, -0.15) is 10.4 Å². The van der Waals surface area contributed by atoms with Crippen molar-refractivity contribution in [2.75, 3.05) is 18.9 Å². The van der Waals surface area contributed by atoms with Crippen molar-refractivity contribution in [1.82, 2.24) is 25.4 Å². The van der Waals surface area contributed by atoms with Crippen LogP contribution in [0.15, 0.2) is 48.7 Å². The van der Waals surface area contributed by atoms with E-state index in [4.69, 9.17) is 10.5 Å². The molecular weight excluding hydrogens is 418 g/mol. The van der Waals surface area contributed by atoms with Crippen LogP contribution in [0, 0.1) is 17.2 Å². The van der Waals surface area contributed by atoms with Gasteiger partial charge >= 0.3 is 6.03 Å². The molecule has 2 amide bonds. The summed E-state index contributed by atoms with van der Waals surface area (Å²) in [5, 5.41) is 19.6. The molecule has 1 aromatic carbocycles. The number of nitrogens with two attached hydrogens (primary N) is 1. The van der Waals surface area contributed by atoms with E-state index in [9.17, 15) is 10.1 Å². The highest BCUT2D eigenvalue weighted by atomic mass is 16.5. The lowest BCUT2D eigenvalue weighted by molar-refractivity contribution is 0.240. The third kappa shape index (κ3) is 6.01. The van der Waals surface area contributed by atoms with Gasteiger partial charge < -0.3 is 21.1 Å². The van der Waals surface area contributed by atoms with E-state index in [1.165, 1.54) is 12.8 Å². The van der Waals surface area contributed by atoms with Crippen LogP contribution in [0.2, 0.25) is 0 Å². The number of carbonyl (C=O) groups excluding carboxylic acids is 1. The molecule has 33 heavy (non-hydrogen) atoms. The van der Waals surface area contributed by atoms with E-state index in [1.54, 1.807) is 10.9 Å². The first kappa shape index (κ1) is 22.1. The average molecular weight is 446 g/mol. The zero-order chi connectivity index (χ0) is 23.0. The van der Waals surface area contributed by atoms with Crippen LogP contribution in [-0.2, 0) is 13.0 Å². The molecule has 1 aliphatic rings. The number of para-hydroxylation sites is 1. The molecule has 2 heterocycles. The standard InChI is InChI=1S/C24H27N7O2/c25-13-20-21(30-31(23(20)26)19-5-2-1-3-6-19)7-4-12-27-24(32)29-15-18-10-11-22(28-14-18)33-16-17-8-9-17/h1-3,5-6,10-11,14,17H,4,7-9,12,15-16,26H2,(H2,27,29,32). The van der Waals surface area contributed by atoms with E-state index in [2.05, 4.69) is 26.8 Å². The molecule has 0 bridgehead atoms. The number of nitrogens with zero attached hydrogens (tertiary/aromatic N) is 4. The Morgan fingerprint density at radius 2 is 2.03 bits per heavy atom. The number of ether oxygens (including phenoxy) is 1. The molecule has 9 heteroatoms. The summed E-state index contributed by atoms with van der Waals surface area (Å²) in [7, 11) is 0. The van der Waals surface area contributed by atoms with Gasteiger partial charge in [0.2, 0.25) is 5.88 Å². The fraction of sp³-hybridized carbons (Fsp3) is 0.333. The van der Waals surface area contributed by atoms with Gasteiger partial charge in [0.05, 0.1) is 18.0 Å². The Morgan fingerprint density at radius 1 is 1.21 bits per heavy atom. The summed E-state index contributed by atoms with van der Waals surface area (Å²) in [6, 6.07) is 15.0. The van der Waals surface area contributed by atoms with Crippen molar-refractivity contribution in [2.45, 2.75) is 32.2 Å². The number of hydrogen-bond acceptors (Lipinski definition) is 6. The summed E-state index contributed by atoms with van der Waals surface area (Å²) in [5.41, 5.74) is 8.81. The van der Waals surface area contributed by atoms with Gasteiger partial charge in [0.1, 0.15) is 17.5 Å². The van der Waals surface area contributed by atoms with Crippen molar-refractivity contribution < 1.29 is 9.53 Å². The molecule has 170 valence electrons. The molecule has 0 aliphatic heterocycles. The molecule has 0 radical (unpaired) electrons. The molecule has 1 fully saturated rings. The Balaban J connectivity index is 1.20. The highest BCUT2D eigenvalue weighted by Gasteiger charge is 2.22. The number of aromatic nitrogens is 3. The highest BCUT2D eigenvalue weighted by molar-refractivity contribution is 5.73. The number of rotatable bonds is 10. The second-order valence-electron chi connectivity index (χ2n) is 8.04. The molecule has 0 atom stereocenters. The van der Waals surface area contributed by atoms with Gasteiger partial charge in [-0.3, -0.25) is 0 Å². The second-order valence-corrected chi connectivity index (χ2v) is 8.04. The van der Waals surface area contributed by atoms with Crippen LogP contribution in [0.3, 0.4) is 0 Å². The molecule has 4 N–H and O–H groups in total. The van der Waals surface area contributed by atoms with Crippen molar-refractivity contribution in [3.63, 3.8) is 0 Å². The summed E-state index contributed by atoms with van der Waals surface area (Å²) in [4.78, 5) is 16.4. The van der Waals surface area contributed by atoms with E-state index < -0.39 is 0 Å². The van der Waals surface area contributed by atoms with Crippen molar-refractivity contribution in [3.05, 3.63) is 65.5 Å². The topological polar surface area (TPSA) is 131 Å². The van der Waals surface area contributed by atoms with Crippen molar-refractivity contribution in [2.24, 2.45) is 5.92 Å². The van der Waals surface area contributed by atoms with E-state index in [0.717, 1.165) is 17.9 Å². The van der Waals surface area contributed by atoms with E-state index in [1.807, 2.05) is 42.5 Å². The van der Waals surface area contributed by atoms with E-state index in [0.29, 0.717) is 54.8 Å². The molecule has 3 aromatic rings. The monoisotopic (exact) mass is 445 g/mol. The molecule has 0 spiro atoms. The van der Waals surface area contributed by atoms with Crippen LogP contribution < -0.4 is 21.1 Å². The predicted molar refractivity (Wildman–Crippen MR) is 124 cm³/mol. The maximum atomic E-state index is 12.1. The smallest absolute Gasteiger partial charge is 0.315 e. The highest BCUT2D eigenvalue weighted by Crippen LogP contribution is 2.29. The maximum absolute atomic E-state index is 12.1. The molecule has 2 aromatic heterocycles. The predicted octanol–water partition coefficient (Wildman–Crippen LogP) is 2.94. The summed E-state index contributed by atoms with van der Waals surface area (Å²) < 4.78 is 7.19. The van der Waals surface area contributed by atoms with Gasteiger partial charge in [-0.05, 0) is 49.3 Å². The third-order valence-corrected chi connectivity index (χ3v) is 5.40. The average Bonchev–Trinajstić information content (AvgIpc) is 3.62. The van der Waals surface area contributed by atoms with Crippen molar-refractivity contribution in [1.29, 1.82) is 5.26 Å². The zero-order valence-corrected chi connectivity index (χ0v) is 18.3. The first-order valence-electron chi connectivity index (χ1n) is 11.1. The largest absolute Gasteiger partial charge is 0.477 e. The number of carbonyl (C=O) groups is 1. The molecule has 4 rings (SSSR count). The normalized spacial score (nSPS) is 12.7. The summed E-state index contributed by atoms with van der Waals surface area (Å²) >= 11 is 0. The number of pyridine rings is 1. The lowest BCUT2D eigenvalue weighted by atomic mass is 10.1. The lowest BCUT2D eigenvalue weighted by Crippen LogP contribution is -2.35. The first-order valence-corrected chi connectivity index (χ1v) is 11.1. The number of anilines is 1. The molecule has 1 saturated carbocycles. The van der Waals surface area contributed by atoms with Crippen molar-refractivity contribution in [3.8, 4) is 17.6 Å². The van der Waals surface area contributed by atoms with Crippen LogP contribution in [-0.4, -0.2) is 33.9 Å². The summed E-state index contributed by atoms with van der Waals surface area (Å²) in [6.07, 6.45) is 5.34. The molecular formula is C24H27N7O2. The minimum Gasteiger partial charge on any atom is -0.477 e. The number of urea groups is 1. The fourth-order valence-corrected chi connectivity index (χ4v) is 3.33. The van der Waals surface area contributed by atoms with Crippen molar-refractivity contribution >= 4 is 11.8 Å². The number of amides is 2. The summed E-state index contributed by atoms with van der Waals surface area (Å²) in [6.45, 7) is 1.54. The van der Waals surface area contributed by atoms with Gasteiger partial charge in [0.15, 0.2) is 0 Å². The number of nitrogens with one attached hydrogen (secondary N) is 2. The SMILES string of the molecule is N#Cc1c(CCCNC(=O)NCc2ccc(OCC3CC3)nc2)nn(-c2ccccc2)c1N. The number of benzene rings is 1. The van der Waals surface area contributed by atoms with Gasteiger partial charge in [-0.15, -0.1) is 0 Å². The van der Waals surface area contributed by atoms with Crippen LogP contribution >= 0.6 is 0 Å². The van der Waals surface area contributed by atoms with Crippen LogP contribution in [0.4, 0.5) is 10.6 Å². The van der Waals surface area contributed by atoms with Crippen LogP contribution in [0.5, 0.6) is 5.88 Å². The number of nitrogen functional groups attached to an aromatic ring is 1. The maximum Gasteiger partial charge on any atom is 0.315 e. The first-order chi connectivity index (χ1) is 16.1. The Morgan fingerprint density at radius 3 is 2.73 bits per heavy atom.